The lowest BCUT2D eigenvalue weighted by atomic mass is 10.0. The number of carbonyl (C=O) groups is 1. The van der Waals surface area contributed by atoms with Crippen LogP contribution >= 0.6 is 34.5 Å². The number of fused-ring (bicyclic) bond motifs is 1. The number of thiazole rings is 1. The van der Waals surface area contributed by atoms with Gasteiger partial charge in [-0.2, -0.15) is 0 Å². The zero-order valence-corrected chi connectivity index (χ0v) is 20.2. The van der Waals surface area contributed by atoms with Crippen molar-refractivity contribution in [1.29, 1.82) is 0 Å². The maximum absolute atomic E-state index is 13.4. The van der Waals surface area contributed by atoms with Crippen molar-refractivity contribution in [2.45, 2.75) is 19.9 Å². The second kappa shape index (κ2) is 9.91. The molecular weight excluding hydrogens is 479 g/mol. The van der Waals surface area contributed by atoms with Crippen LogP contribution in [0.5, 0.6) is 0 Å². The Balaban J connectivity index is 1.87. The normalized spacial score (nSPS) is 16.1. The van der Waals surface area contributed by atoms with Crippen LogP contribution in [0.2, 0.25) is 10.0 Å². The van der Waals surface area contributed by atoms with E-state index in [0.717, 1.165) is 11.1 Å². The quantitative estimate of drug-likeness (QED) is 0.476. The van der Waals surface area contributed by atoms with E-state index in [1.807, 2.05) is 42.5 Å². The molecule has 33 heavy (non-hydrogen) atoms. The molecule has 0 saturated carbocycles. The smallest absolute Gasteiger partial charge is 0.338 e. The minimum atomic E-state index is -0.642. The highest BCUT2D eigenvalue weighted by Crippen LogP contribution is 2.27. The van der Waals surface area contributed by atoms with Crippen LogP contribution in [0.15, 0.2) is 75.7 Å². The fourth-order valence-electron chi connectivity index (χ4n) is 3.54. The average Bonchev–Trinajstić information content (AvgIpc) is 3.09. The zero-order chi connectivity index (χ0) is 23.5. The summed E-state index contributed by atoms with van der Waals surface area (Å²) in [5.41, 5.74) is 2.32. The van der Waals surface area contributed by atoms with Gasteiger partial charge in [0.2, 0.25) is 0 Å². The Labute approximate surface area is 204 Å². The first-order valence-corrected chi connectivity index (χ1v) is 11.8. The van der Waals surface area contributed by atoms with Crippen LogP contribution < -0.4 is 14.9 Å². The molecule has 4 rings (SSSR count). The van der Waals surface area contributed by atoms with Crippen molar-refractivity contribution >= 4 is 52.7 Å². The number of carbonyl (C=O) groups excluding carboxylic acids is 1. The average molecular weight is 499 g/mol. The number of allylic oxidation sites excluding steroid dienone is 2. The molecule has 8 heteroatoms. The van der Waals surface area contributed by atoms with Crippen molar-refractivity contribution in [1.82, 2.24) is 4.57 Å². The van der Waals surface area contributed by atoms with Crippen molar-refractivity contribution in [3.63, 3.8) is 0 Å². The third kappa shape index (κ3) is 4.88. The summed E-state index contributed by atoms with van der Waals surface area (Å²) in [4.78, 5) is 31.3. The molecule has 1 aliphatic rings. The lowest BCUT2D eigenvalue weighted by Gasteiger charge is -2.21. The number of aromatic nitrogens is 1. The van der Waals surface area contributed by atoms with Crippen molar-refractivity contribution < 1.29 is 9.53 Å². The first kappa shape index (κ1) is 23.2. The molecule has 0 radical (unpaired) electrons. The van der Waals surface area contributed by atoms with E-state index in [1.54, 1.807) is 38.1 Å². The second-order valence-electron chi connectivity index (χ2n) is 7.29. The largest absolute Gasteiger partial charge is 0.463 e. The Hall–Kier alpha value is -2.93. The van der Waals surface area contributed by atoms with Crippen LogP contribution in [0.3, 0.4) is 0 Å². The van der Waals surface area contributed by atoms with Crippen molar-refractivity contribution in [3.05, 3.63) is 107 Å². The number of hydrogen-bond donors (Lipinski definition) is 0. The third-order valence-corrected chi connectivity index (χ3v) is 6.79. The topological polar surface area (TPSA) is 60.7 Å². The minimum absolute atomic E-state index is 0.229. The molecule has 1 aromatic heterocycles. The van der Waals surface area contributed by atoms with Crippen LogP contribution in [-0.2, 0) is 9.53 Å². The van der Waals surface area contributed by atoms with Gasteiger partial charge in [-0.15, -0.1) is 0 Å². The van der Waals surface area contributed by atoms with Crippen LogP contribution in [-0.4, -0.2) is 17.1 Å². The Morgan fingerprint density at radius 1 is 1.15 bits per heavy atom. The van der Waals surface area contributed by atoms with Crippen molar-refractivity contribution in [2.75, 3.05) is 6.61 Å². The maximum Gasteiger partial charge on any atom is 0.338 e. The lowest BCUT2D eigenvalue weighted by Crippen LogP contribution is -2.38. The fourth-order valence-corrected chi connectivity index (χ4v) is 4.90. The highest BCUT2D eigenvalue weighted by Gasteiger charge is 2.30. The summed E-state index contributed by atoms with van der Waals surface area (Å²) >= 11 is 13.4. The van der Waals surface area contributed by atoms with Crippen molar-refractivity contribution in [3.8, 4) is 0 Å². The summed E-state index contributed by atoms with van der Waals surface area (Å²) in [5, 5.41) is 0.846. The molecule has 5 nitrogen and oxygen atoms in total. The molecule has 0 fully saturated rings. The molecule has 2 heterocycles. The van der Waals surface area contributed by atoms with Gasteiger partial charge in [0.15, 0.2) is 4.80 Å². The standard InChI is InChI=1S/C25H20Cl2N2O3S/c1-3-32-24(31)22-15(2)28-25-29(20(22)12-10-16-7-5-4-6-8-16)23(30)21(33-25)14-17-9-11-18(26)19(27)13-17/h4-14,20H,3H2,1-2H3/b12-10+,21-14?. The molecule has 0 N–H and O–H groups in total. The van der Waals surface area contributed by atoms with Gasteiger partial charge in [-0.05, 0) is 43.2 Å². The van der Waals surface area contributed by atoms with Gasteiger partial charge in [0.25, 0.3) is 5.56 Å². The molecule has 0 spiro atoms. The first-order chi connectivity index (χ1) is 15.9. The summed E-state index contributed by atoms with van der Waals surface area (Å²) in [5.74, 6) is -0.486. The van der Waals surface area contributed by atoms with E-state index in [4.69, 9.17) is 27.9 Å². The number of benzene rings is 2. The first-order valence-electron chi connectivity index (χ1n) is 10.3. The second-order valence-corrected chi connectivity index (χ2v) is 9.11. The number of hydrogen-bond acceptors (Lipinski definition) is 5. The van der Waals surface area contributed by atoms with Gasteiger partial charge in [0, 0.05) is 0 Å². The number of esters is 1. The Bertz CT molecular complexity index is 1450. The molecule has 0 saturated heterocycles. The van der Waals surface area contributed by atoms with Crippen molar-refractivity contribution in [2.24, 2.45) is 4.99 Å². The molecule has 1 aliphatic heterocycles. The summed E-state index contributed by atoms with van der Waals surface area (Å²) in [6, 6.07) is 14.2. The third-order valence-electron chi connectivity index (χ3n) is 5.07. The monoisotopic (exact) mass is 498 g/mol. The molecular formula is C25H20Cl2N2O3S. The predicted molar refractivity (Wildman–Crippen MR) is 133 cm³/mol. The van der Waals surface area contributed by atoms with E-state index in [-0.39, 0.29) is 12.2 Å². The number of nitrogens with zero attached hydrogens (tertiary/aromatic N) is 2. The minimum Gasteiger partial charge on any atom is -0.463 e. The Morgan fingerprint density at radius 2 is 1.91 bits per heavy atom. The van der Waals surface area contributed by atoms with E-state index >= 15 is 0 Å². The SMILES string of the molecule is CCOC(=O)C1=C(C)N=c2sc(=Cc3ccc(Cl)c(Cl)c3)c(=O)n2C1/C=C/c1ccccc1. The van der Waals surface area contributed by atoms with Gasteiger partial charge >= 0.3 is 5.97 Å². The van der Waals surface area contributed by atoms with E-state index in [0.29, 0.717) is 30.6 Å². The number of ether oxygens (including phenoxy) is 1. The van der Waals surface area contributed by atoms with Gasteiger partial charge in [0.05, 0.1) is 38.5 Å². The van der Waals surface area contributed by atoms with E-state index < -0.39 is 12.0 Å². The fraction of sp³-hybridized carbons (Fsp3) is 0.160. The zero-order valence-electron chi connectivity index (χ0n) is 17.9. The van der Waals surface area contributed by atoms with Crippen LogP contribution in [0, 0.1) is 0 Å². The van der Waals surface area contributed by atoms with Crippen LogP contribution in [0.4, 0.5) is 0 Å². The van der Waals surface area contributed by atoms with E-state index in [9.17, 15) is 9.59 Å². The number of rotatable bonds is 5. The van der Waals surface area contributed by atoms with Gasteiger partial charge < -0.3 is 4.74 Å². The molecule has 1 unspecified atom stereocenters. The molecule has 0 aliphatic carbocycles. The Kier molecular flexibility index (Phi) is 6.98. The highest BCUT2D eigenvalue weighted by molar-refractivity contribution is 7.07. The summed E-state index contributed by atoms with van der Waals surface area (Å²) in [6.45, 7) is 3.73. The maximum atomic E-state index is 13.4. The van der Waals surface area contributed by atoms with Crippen LogP contribution in [0.1, 0.15) is 31.0 Å². The summed E-state index contributed by atoms with van der Waals surface area (Å²) in [7, 11) is 0. The lowest BCUT2D eigenvalue weighted by molar-refractivity contribution is -0.139. The summed E-state index contributed by atoms with van der Waals surface area (Å²) in [6.07, 6.45) is 5.46. The molecule has 0 amide bonds. The van der Waals surface area contributed by atoms with Crippen LogP contribution in [0.25, 0.3) is 12.2 Å². The van der Waals surface area contributed by atoms with Gasteiger partial charge in [-0.25, -0.2) is 9.79 Å². The van der Waals surface area contributed by atoms with E-state index in [2.05, 4.69) is 4.99 Å². The Morgan fingerprint density at radius 3 is 2.61 bits per heavy atom. The molecule has 1 atom stereocenters. The molecule has 168 valence electrons. The number of halogens is 2. The molecule has 2 aromatic carbocycles. The van der Waals surface area contributed by atoms with Gasteiger partial charge in [0.1, 0.15) is 0 Å². The van der Waals surface area contributed by atoms with Gasteiger partial charge in [-0.3, -0.25) is 9.36 Å². The highest BCUT2D eigenvalue weighted by atomic mass is 35.5. The predicted octanol–water partition coefficient (Wildman–Crippen LogP) is 4.77. The molecule has 0 bridgehead atoms. The molecule has 3 aromatic rings. The van der Waals surface area contributed by atoms with E-state index in [1.165, 1.54) is 15.9 Å². The van der Waals surface area contributed by atoms with Gasteiger partial charge in [-0.1, -0.05) is 83.1 Å². The summed E-state index contributed by atoms with van der Waals surface area (Å²) < 4.78 is 7.29.